The van der Waals surface area contributed by atoms with Crippen molar-refractivity contribution in [3.05, 3.63) is 59.9 Å². The van der Waals surface area contributed by atoms with Crippen molar-refractivity contribution in [2.75, 3.05) is 12.9 Å². The molecule has 21 heavy (non-hydrogen) atoms. The van der Waals surface area contributed by atoms with Crippen molar-refractivity contribution < 1.29 is 18.1 Å². The van der Waals surface area contributed by atoms with Gasteiger partial charge in [0.1, 0.15) is 17.3 Å². The van der Waals surface area contributed by atoms with Gasteiger partial charge in [0.25, 0.3) is 0 Å². The van der Waals surface area contributed by atoms with E-state index in [0.717, 1.165) is 0 Å². The van der Waals surface area contributed by atoms with Gasteiger partial charge in [0, 0.05) is 11.3 Å². The van der Waals surface area contributed by atoms with E-state index in [1.165, 1.54) is 13.2 Å². The minimum absolute atomic E-state index is 0.0532. The highest BCUT2D eigenvalue weighted by Crippen LogP contribution is 2.16. The molecule has 0 aliphatic rings. The molecule has 110 valence electrons. The van der Waals surface area contributed by atoms with Crippen LogP contribution in [0.5, 0.6) is 5.75 Å². The Bertz CT molecular complexity index is 670. The molecular formula is C16H15FO3S. The van der Waals surface area contributed by atoms with Gasteiger partial charge in [-0.25, -0.2) is 4.39 Å². The lowest BCUT2D eigenvalue weighted by atomic mass is 10.1. The maximum absolute atomic E-state index is 13.5. The molecule has 0 radical (unpaired) electrons. The number of halogens is 1. The van der Waals surface area contributed by atoms with Gasteiger partial charge >= 0.3 is 0 Å². The molecule has 0 N–H and O–H groups in total. The van der Waals surface area contributed by atoms with Gasteiger partial charge in [-0.2, -0.15) is 0 Å². The Morgan fingerprint density at radius 3 is 2.67 bits per heavy atom. The SMILES string of the molecule is COc1cccc(S(=O)CC(=O)Cc2ccccc2F)c1. The molecular weight excluding hydrogens is 291 g/mol. The molecule has 0 aromatic heterocycles. The average molecular weight is 306 g/mol. The number of ether oxygens (including phenoxy) is 1. The number of benzene rings is 2. The highest BCUT2D eigenvalue weighted by molar-refractivity contribution is 7.85. The van der Waals surface area contributed by atoms with E-state index in [-0.39, 0.29) is 18.0 Å². The lowest BCUT2D eigenvalue weighted by Crippen LogP contribution is -2.14. The first-order chi connectivity index (χ1) is 10.1. The molecule has 0 aliphatic heterocycles. The molecule has 0 heterocycles. The van der Waals surface area contributed by atoms with Gasteiger partial charge in [-0.1, -0.05) is 24.3 Å². The Morgan fingerprint density at radius 1 is 1.19 bits per heavy atom. The van der Waals surface area contributed by atoms with Crippen LogP contribution in [0.1, 0.15) is 5.56 Å². The highest BCUT2D eigenvalue weighted by Gasteiger charge is 2.13. The summed E-state index contributed by atoms with van der Waals surface area (Å²) < 4.78 is 30.7. The van der Waals surface area contributed by atoms with Crippen molar-refractivity contribution in [2.45, 2.75) is 11.3 Å². The third kappa shape index (κ3) is 4.23. The van der Waals surface area contributed by atoms with E-state index in [4.69, 9.17) is 4.74 Å². The van der Waals surface area contributed by atoms with E-state index in [1.807, 2.05) is 0 Å². The van der Waals surface area contributed by atoms with Crippen LogP contribution in [0.3, 0.4) is 0 Å². The Balaban J connectivity index is 2.02. The minimum Gasteiger partial charge on any atom is -0.497 e. The first-order valence-corrected chi connectivity index (χ1v) is 7.69. The number of ketones is 1. The summed E-state index contributed by atoms with van der Waals surface area (Å²) in [5.74, 6) is -0.233. The van der Waals surface area contributed by atoms with Gasteiger partial charge in [-0.15, -0.1) is 0 Å². The average Bonchev–Trinajstić information content (AvgIpc) is 2.49. The second-order valence-corrected chi connectivity index (χ2v) is 5.93. The van der Waals surface area contributed by atoms with E-state index in [1.54, 1.807) is 42.5 Å². The van der Waals surface area contributed by atoms with Crippen molar-refractivity contribution in [3.8, 4) is 5.75 Å². The standard InChI is InChI=1S/C16H15FO3S/c1-20-14-6-4-7-15(10-14)21(19)11-13(18)9-12-5-2-3-8-16(12)17/h2-8,10H,9,11H2,1H3. The normalized spacial score (nSPS) is 11.9. The fraction of sp³-hybridized carbons (Fsp3) is 0.188. The zero-order valence-electron chi connectivity index (χ0n) is 11.5. The molecule has 0 saturated heterocycles. The summed E-state index contributed by atoms with van der Waals surface area (Å²) in [5, 5.41) is 0. The molecule has 0 saturated carbocycles. The third-order valence-electron chi connectivity index (χ3n) is 2.94. The second-order valence-electron chi connectivity index (χ2n) is 4.48. The Kier molecular flexibility index (Phi) is 5.22. The first kappa shape index (κ1) is 15.4. The van der Waals surface area contributed by atoms with Crippen LogP contribution in [-0.2, 0) is 22.0 Å². The highest BCUT2D eigenvalue weighted by atomic mass is 32.2. The second kappa shape index (κ2) is 7.13. The van der Waals surface area contributed by atoms with E-state index >= 15 is 0 Å². The summed E-state index contributed by atoms with van der Waals surface area (Å²) in [4.78, 5) is 12.4. The topological polar surface area (TPSA) is 43.4 Å². The molecule has 1 unspecified atom stereocenters. The summed E-state index contributed by atoms with van der Waals surface area (Å²) in [6, 6.07) is 12.9. The van der Waals surface area contributed by atoms with Crippen LogP contribution < -0.4 is 4.74 Å². The molecule has 2 aromatic rings. The predicted octanol–water partition coefficient (Wildman–Crippen LogP) is 2.75. The van der Waals surface area contributed by atoms with Gasteiger partial charge < -0.3 is 4.74 Å². The molecule has 0 aliphatic carbocycles. The minimum atomic E-state index is -1.46. The summed E-state index contributed by atoms with van der Waals surface area (Å²) in [6.07, 6.45) is -0.0532. The molecule has 2 rings (SSSR count). The summed E-state index contributed by atoms with van der Waals surface area (Å²) in [6.45, 7) is 0. The van der Waals surface area contributed by atoms with Gasteiger partial charge in [0.2, 0.25) is 0 Å². The number of carbonyl (C=O) groups excluding carboxylic acids is 1. The van der Waals surface area contributed by atoms with Crippen molar-refractivity contribution in [3.63, 3.8) is 0 Å². The zero-order valence-corrected chi connectivity index (χ0v) is 12.4. The summed E-state index contributed by atoms with van der Waals surface area (Å²) in [5.41, 5.74) is 0.324. The van der Waals surface area contributed by atoms with Gasteiger partial charge in [0.05, 0.1) is 23.7 Å². The smallest absolute Gasteiger partial charge is 0.150 e. The van der Waals surface area contributed by atoms with Crippen LogP contribution in [0, 0.1) is 5.82 Å². The predicted molar refractivity (Wildman–Crippen MR) is 79.4 cm³/mol. The molecule has 3 nitrogen and oxygen atoms in total. The number of rotatable bonds is 6. The number of methoxy groups -OCH3 is 1. The molecule has 0 fully saturated rings. The molecule has 1 atom stereocenters. The van der Waals surface area contributed by atoms with E-state index in [9.17, 15) is 13.4 Å². The van der Waals surface area contributed by atoms with Crippen LogP contribution >= 0.6 is 0 Å². The summed E-state index contributed by atoms with van der Waals surface area (Å²) in [7, 11) is 0.0616. The molecule has 5 heteroatoms. The number of carbonyl (C=O) groups is 1. The largest absolute Gasteiger partial charge is 0.497 e. The van der Waals surface area contributed by atoms with Gasteiger partial charge in [-0.3, -0.25) is 9.00 Å². The van der Waals surface area contributed by atoms with Gasteiger partial charge in [-0.05, 0) is 29.8 Å². The van der Waals surface area contributed by atoms with Crippen LogP contribution in [0.4, 0.5) is 4.39 Å². The van der Waals surface area contributed by atoms with Crippen LogP contribution in [0.25, 0.3) is 0 Å². The van der Waals surface area contributed by atoms with E-state index in [2.05, 4.69) is 0 Å². The number of Topliss-reactive ketones (excluding diaryl/α,β-unsaturated/α-hetero) is 1. The Hall–Kier alpha value is -2.01. The van der Waals surface area contributed by atoms with E-state index in [0.29, 0.717) is 16.2 Å². The Morgan fingerprint density at radius 2 is 1.95 bits per heavy atom. The monoisotopic (exact) mass is 306 g/mol. The van der Waals surface area contributed by atoms with Crippen LogP contribution in [0.2, 0.25) is 0 Å². The first-order valence-electron chi connectivity index (χ1n) is 6.37. The van der Waals surface area contributed by atoms with E-state index < -0.39 is 16.6 Å². The zero-order chi connectivity index (χ0) is 15.2. The molecule has 0 amide bonds. The molecule has 0 bridgehead atoms. The fourth-order valence-corrected chi connectivity index (χ4v) is 2.92. The van der Waals surface area contributed by atoms with Crippen molar-refractivity contribution in [2.24, 2.45) is 0 Å². The number of hydrogen-bond donors (Lipinski definition) is 0. The maximum Gasteiger partial charge on any atom is 0.150 e. The lowest BCUT2D eigenvalue weighted by Gasteiger charge is -2.05. The number of hydrogen-bond acceptors (Lipinski definition) is 3. The van der Waals surface area contributed by atoms with Crippen LogP contribution in [0.15, 0.2) is 53.4 Å². The third-order valence-corrected chi connectivity index (χ3v) is 4.31. The van der Waals surface area contributed by atoms with Crippen molar-refractivity contribution >= 4 is 16.6 Å². The quantitative estimate of drug-likeness (QED) is 0.824. The molecule has 0 spiro atoms. The molecule has 2 aromatic carbocycles. The lowest BCUT2D eigenvalue weighted by molar-refractivity contribution is -0.116. The van der Waals surface area contributed by atoms with Crippen LogP contribution in [-0.4, -0.2) is 22.9 Å². The van der Waals surface area contributed by atoms with Gasteiger partial charge in [0.15, 0.2) is 0 Å². The van der Waals surface area contributed by atoms with Crippen molar-refractivity contribution in [1.82, 2.24) is 0 Å². The Labute approximate surface area is 125 Å². The summed E-state index contributed by atoms with van der Waals surface area (Å²) >= 11 is 0. The van der Waals surface area contributed by atoms with Crippen molar-refractivity contribution in [1.29, 1.82) is 0 Å². The maximum atomic E-state index is 13.5. The fourth-order valence-electron chi connectivity index (χ4n) is 1.88.